The zero-order valence-corrected chi connectivity index (χ0v) is 36.9. The second kappa shape index (κ2) is 20.1. The van der Waals surface area contributed by atoms with Crippen LogP contribution in [0.25, 0.3) is 0 Å². The second-order valence-corrected chi connectivity index (χ2v) is 18.6. The first-order valence-electron chi connectivity index (χ1n) is 21.4. The molecule has 2 fully saturated rings. The molecule has 6 rings (SSSR count). The first-order chi connectivity index (χ1) is 28.6. The number of halogens is 1. The average Bonchev–Trinajstić information content (AvgIpc) is 3.72. The normalized spacial score (nSPS) is 17.3. The highest BCUT2D eigenvalue weighted by atomic mass is 32.1. The van der Waals surface area contributed by atoms with Crippen LogP contribution in [0.4, 0.5) is 10.1 Å². The number of piperidine rings is 1. The van der Waals surface area contributed by atoms with Crippen LogP contribution in [0.15, 0.2) is 35.7 Å². The third-order valence-electron chi connectivity index (χ3n) is 12.0. The van der Waals surface area contributed by atoms with E-state index in [2.05, 4.69) is 62.1 Å². The quantitative estimate of drug-likeness (QED) is 0.109. The molecule has 4 heterocycles. The fourth-order valence-electron chi connectivity index (χ4n) is 7.99. The Kier molecular flexibility index (Phi) is 15.2. The number of amides is 3. The summed E-state index contributed by atoms with van der Waals surface area (Å²) in [7, 11) is 0. The number of thiazole rings is 1. The Morgan fingerprint density at radius 1 is 1.07 bits per heavy atom. The lowest BCUT2D eigenvalue weighted by molar-refractivity contribution is -0.136. The van der Waals surface area contributed by atoms with Gasteiger partial charge < -0.3 is 39.8 Å². The van der Waals surface area contributed by atoms with E-state index in [0.29, 0.717) is 93.6 Å². The van der Waals surface area contributed by atoms with Crippen LogP contribution in [-0.2, 0) is 38.4 Å². The van der Waals surface area contributed by atoms with Gasteiger partial charge in [-0.2, -0.15) is 0 Å². The van der Waals surface area contributed by atoms with E-state index in [9.17, 15) is 19.5 Å². The lowest BCUT2D eigenvalue weighted by Crippen LogP contribution is -2.58. The zero-order chi connectivity index (χ0) is 43.0. The van der Waals surface area contributed by atoms with Crippen LogP contribution in [0.5, 0.6) is 11.5 Å². The van der Waals surface area contributed by atoms with Crippen LogP contribution in [0.2, 0.25) is 0 Å². The molecule has 2 aromatic carbocycles. The Labute approximate surface area is 358 Å². The maximum Gasteiger partial charge on any atom is 0.273 e. The highest BCUT2D eigenvalue weighted by Gasteiger charge is 2.41. The minimum absolute atomic E-state index is 0.00472. The number of aromatic nitrogens is 1. The van der Waals surface area contributed by atoms with Gasteiger partial charge in [0.25, 0.3) is 11.8 Å². The van der Waals surface area contributed by atoms with Crippen LogP contribution in [-0.4, -0.2) is 126 Å². The molecule has 2 saturated heterocycles. The maximum absolute atomic E-state index is 15.8. The third kappa shape index (κ3) is 11.4. The fourth-order valence-corrected chi connectivity index (χ4v) is 8.80. The lowest BCUT2D eigenvalue weighted by Gasteiger charge is -2.47. The van der Waals surface area contributed by atoms with E-state index in [1.54, 1.807) is 18.2 Å². The van der Waals surface area contributed by atoms with Crippen molar-refractivity contribution >= 4 is 34.7 Å². The summed E-state index contributed by atoms with van der Waals surface area (Å²) in [6.07, 6.45) is 2.78. The van der Waals surface area contributed by atoms with Crippen molar-refractivity contribution in [1.29, 1.82) is 0 Å². The van der Waals surface area contributed by atoms with Crippen LogP contribution < -0.4 is 15.4 Å². The summed E-state index contributed by atoms with van der Waals surface area (Å²) in [5.41, 5.74) is 2.40. The molecule has 15 heteroatoms. The first-order valence-corrected chi connectivity index (χ1v) is 22.2. The van der Waals surface area contributed by atoms with E-state index in [-0.39, 0.29) is 66.3 Å². The molecule has 3 aromatic rings. The van der Waals surface area contributed by atoms with E-state index in [1.807, 2.05) is 27.3 Å². The number of benzene rings is 2. The fraction of sp³-hybridized carbons (Fsp3) is 0.600. The minimum Gasteiger partial charge on any atom is -0.506 e. The second-order valence-electron chi connectivity index (χ2n) is 17.7. The number of rotatable bonds is 17. The Hall–Kier alpha value is -4.15. The van der Waals surface area contributed by atoms with Crippen molar-refractivity contribution in [1.82, 2.24) is 25.0 Å². The number of anilines is 1. The predicted octanol–water partition coefficient (Wildman–Crippen LogP) is 5.99. The van der Waals surface area contributed by atoms with Crippen molar-refractivity contribution in [3.8, 4) is 11.5 Å². The van der Waals surface area contributed by atoms with Crippen molar-refractivity contribution in [3.63, 3.8) is 0 Å². The number of phenolic OH excluding ortho intramolecular Hbond substituents is 1. The SMILES string of the molecule is CC(C)c1nc(C(=O)N2CCOC3(CCN(Cc4cccc(CCOCCC(=O)N(CCNCCc5ccc(O)c6c5OCC(=O)N6)C(C)C(C)(C)C)c4F)CC3)C2)cs1. The van der Waals surface area contributed by atoms with Gasteiger partial charge in [0, 0.05) is 62.2 Å². The molecule has 60 heavy (non-hydrogen) atoms. The van der Waals surface area contributed by atoms with Crippen LogP contribution in [0.3, 0.4) is 0 Å². The standard InChI is InChI=1S/C45H63FN6O7S/c1-30(2)42-48-35(28-60-42)43(56)51-22-25-59-45(29-51)15-19-50(20-16-45)26-34-9-7-8-32(39(34)46)13-23-57-24-14-38(55)52(31(3)44(4,5)6)21-18-47-17-12-33-10-11-36(53)40-41(33)58-27-37(54)49-40/h7-11,28,30-31,47,53H,12-27,29H2,1-6H3,(H,49,54). The number of morpholine rings is 1. The molecule has 3 aliphatic heterocycles. The summed E-state index contributed by atoms with van der Waals surface area (Å²) in [5, 5.41) is 19.1. The van der Waals surface area contributed by atoms with Crippen molar-refractivity contribution in [2.75, 3.05) is 77.6 Å². The Bertz CT molecular complexity index is 1960. The Morgan fingerprint density at radius 2 is 1.83 bits per heavy atom. The van der Waals surface area contributed by atoms with Crippen LogP contribution in [0.1, 0.15) is 98.9 Å². The number of carbonyl (C=O) groups excluding carboxylic acids is 3. The van der Waals surface area contributed by atoms with Crippen LogP contribution >= 0.6 is 11.3 Å². The van der Waals surface area contributed by atoms with E-state index >= 15 is 4.39 Å². The highest BCUT2D eigenvalue weighted by Crippen LogP contribution is 2.39. The molecule has 0 radical (unpaired) electrons. The molecule has 328 valence electrons. The molecule has 3 N–H and O–H groups in total. The molecule has 0 aliphatic carbocycles. The molecule has 3 aliphatic rings. The van der Waals surface area contributed by atoms with Crippen molar-refractivity contribution in [2.45, 2.75) is 97.8 Å². The average molecular weight is 851 g/mol. The molecule has 1 spiro atoms. The number of hydrogen-bond donors (Lipinski definition) is 3. The van der Waals surface area contributed by atoms with Gasteiger partial charge in [0.2, 0.25) is 5.91 Å². The molecule has 0 saturated carbocycles. The third-order valence-corrected chi connectivity index (χ3v) is 13.2. The van der Waals surface area contributed by atoms with Crippen LogP contribution in [0, 0.1) is 11.2 Å². The molecule has 3 amide bonds. The number of hydrogen-bond acceptors (Lipinski definition) is 11. The zero-order valence-electron chi connectivity index (χ0n) is 36.1. The van der Waals surface area contributed by atoms with Gasteiger partial charge in [-0.1, -0.05) is 58.9 Å². The summed E-state index contributed by atoms with van der Waals surface area (Å²) >= 11 is 1.53. The summed E-state index contributed by atoms with van der Waals surface area (Å²) in [6, 6.07) is 8.86. The molecular formula is C45H63FN6O7S. The van der Waals surface area contributed by atoms with Gasteiger partial charge in [0.15, 0.2) is 12.4 Å². The van der Waals surface area contributed by atoms with Gasteiger partial charge in [-0.15, -0.1) is 11.3 Å². The van der Waals surface area contributed by atoms with Gasteiger partial charge in [-0.05, 0) is 61.8 Å². The predicted molar refractivity (Wildman–Crippen MR) is 230 cm³/mol. The number of likely N-dealkylation sites (tertiary alicyclic amines) is 1. The Morgan fingerprint density at radius 3 is 2.57 bits per heavy atom. The van der Waals surface area contributed by atoms with Gasteiger partial charge in [0.1, 0.15) is 22.9 Å². The first kappa shape index (κ1) is 45.4. The van der Waals surface area contributed by atoms with E-state index in [4.69, 9.17) is 14.2 Å². The smallest absolute Gasteiger partial charge is 0.273 e. The summed E-state index contributed by atoms with van der Waals surface area (Å²) in [4.78, 5) is 49.2. The monoisotopic (exact) mass is 850 g/mol. The molecule has 1 aromatic heterocycles. The van der Waals surface area contributed by atoms with Gasteiger partial charge >= 0.3 is 0 Å². The molecule has 0 bridgehead atoms. The lowest BCUT2D eigenvalue weighted by atomic mass is 9.86. The number of nitrogens with zero attached hydrogens (tertiary/aromatic N) is 4. The summed E-state index contributed by atoms with van der Waals surface area (Å²) in [5.74, 6) is 0.195. The number of carbonyl (C=O) groups is 3. The van der Waals surface area contributed by atoms with Crippen molar-refractivity contribution in [3.05, 3.63) is 68.9 Å². The van der Waals surface area contributed by atoms with Crippen molar-refractivity contribution in [2.24, 2.45) is 5.41 Å². The number of nitrogens with one attached hydrogen (secondary N) is 2. The molecule has 13 nitrogen and oxygen atoms in total. The minimum atomic E-state index is -0.395. The van der Waals surface area contributed by atoms with Gasteiger partial charge in [-0.3, -0.25) is 19.3 Å². The number of fused-ring (bicyclic) bond motifs is 1. The van der Waals surface area contributed by atoms with E-state index < -0.39 is 5.60 Å². The largest absolute Gasteiger partial charge is 0.506 e. The van der Waals surface area contributed by atoms with Gasteiger partial charge in [-0.25, -0.2) is 9.37 Å². The number of aromatic hydroxyl groups is 1. The number of phenols is 1. The maximum atomic E-state index is 15.8. The summed E-state index contributed by atoms with van der Waals surface area (Å²) in [6.45, 7) is 18.3. The molecule has 1 unspecified atom stereocenters. The highest BCUT2D eigenvalue weighted by molar-refractivity contribution is 7.09. The molecular weight excluding hydrogens is 788 g/mol. The van der Waals surface area contributed by atoms with Crippen molar-refractivity contribution < 1.29 is 38.1 Å². The topological polar surface area (TPSA) is 146 Å². The number of ether oxygens (including phenoxy) is 3. The molecule has 1 atom stereocenters. The van der Waals surface area contributed by atoms with E-state index in [1.165, 1.54) is 11.3 Å². The van der Waals surface area contributed by atoms with Gasteiger partial charge in [0.05, 0.1) is 43.4 Å². The van der Waals surface area contributed by atoms with E-state index in [0.717, 1.165) is 36.5 Å². The summed E-state index contributed by atoms with van der Waals surface area (Å²) < 4.78 is 33.6. The Balaban J connectivity index is 0.921.